The van der Waals surface area contributed by atoms with E-state index in [-0.39, 0.29) is 11.8 Å². The van der Waals surface area contributed by atoms with Crippen LogP contribution in [0.1, 0.15) is 64.5 Å². The van der Waals surface area contributed by atoms with E-state index in [1.807, 2.05) is 32.0 Å². The summed E-state index contributed by atoms with van der Waals surface area (Å²) in [4.78, 5) is 12.7. The smallest absolute Gasteiger partial charge is 0.227 e. The van der Waals surface area contributed by atoms with Gasteiger partial charge >= 0.3 is 0 Å². The Morgan fingerprint density at radius 3 is 2.28 bits per heavy atom. The molecule has 5 heteroatoms. The van der Waals surface area contributed by atoms with Gasteiger partial charge in [-0.2, -0.15) is 0 Å². The summed E-state index contributed by atoms with van der Waals surface area (Å²) < 4.78 is 0. The van der Waals surface area contributed by atoms with Gasteiger partial charge in [-0.15, -0.1) is 0 Å². The summed E-state index contributed by atoms with van der Waals surface area (Å²) in [6.07, 6.45) is 3.98. The number of nitrogens with two attached hydrogens (primary N) is 1. The molecule has 0 heterocycles. The maximum atomic E-state index is 12.7. The number of nitrogens with one attached hydrogen (secondary N) is 3. The van der Waals surface area contributed by atoms with Gasteiger partial charge in [0.1, 0.15) is 0 Å². The predicted molar refractivity (Wildman–Crippen MR) is 140 cm³/mol. The summed E-state index contributed by atoms with van der Waals surface area (Å²) in [5.74, 6) is -0.0501. The van der Waals surface area contributed by atoms with Crippen LogP contribution >= 0.6 is 0 Å². The first kappa shape index (κ1) is 27.2. The van der Waals surface area contributed by atoms with Crippen LogP contribution in [-0.4, -0.2) is 12.5 Å². The molecule has 2 rings (SSSR count). The Hall–Kier alpha value is -2.79. The summed E-state index contributed by atoms with van der Waals surface area (Å²) >= 11 is 0. The molecule has 1 amide bonds. The SMILES string of the molecule is C=C(C)Nc1ccc(NCc2ccc(C)cc2)cc1NC(=O)C(C)CCCCN.CCC. The Balaban J connectivity index is 0.00000161. The minimum absolute atomic E-state index is 0.0162. The summed E-state index contributed by atoms with van der Waals surface area (Å²) in [6.45, 7) is 15.5. The Morgan fingerprint density at radius 2 is 1.69 bits per heavy atom. The van der Waals surface area contributed by atoms with Crippen molar-refractivity contribution >= 4 is 23.0 Å². The van der Waals surface area contributed by atoms with Crippen LogP contribution in [-0.2, 0) is 11.3 Å². The van der Waals surface area contributed by atoms with E-state index in [2.05, 4.69) is 67.6 Å². The van der Waals surface area contributed by atoms with Crippen LogP contribution < -0.4 is 21.7 Å². The van der Waals surface area contributed by atoms with Crippen molar-refractivity contribution < 1.29 is 4.79 Å². The lowest BCUT2D eigenvalue weighted by Crippen LogP contribution is -2.21. The molecule has 0 saturated carbocycles. The summed E-state index contributed by atoms with van der Waals surface area (Å²) in [6, 6.07) is 14.4. The maximum absolute atomic E-state index is 12.7. The molecule has 0 spiro atoms. The number of carbonyl (C=O) groups excluding carboxylic acids is 1. The number of hydrogen-bond donors (Lipinski definition) is 4. The maximum Gasteiger partial charge on any atom is 0.227 e. The van der Waals surface area contributed by atoms with Crippen molar-refractivity contribution in [3.8, 4) is 0 Å². The molecule has 2 aromatic carbocycles. The molecule has 32 heavy (non-hydrogen) atoms. The normalized spacial score (nSPS) is 11.1. The van der Waals surface area contributed by atoms with Gasteiger partial charge in [0.15, 0.2) is 0 Å². The molecule has 2 aromatic rings. The summed E-state index contributed by atoms with van der Waals surface area (Å²) in [5, 5.41) is 9.73. The molecule has 0 saturated heterocycles. The van der Waals surface area contributed by atoms with Gasteiger partial charge in [0.25, 0.3) is 0 Å². The van der Waals surface area contributed by atoms with E-state index >= 15 is 0 Å². The van der Waals surface area contributed by atoms with Gasteiger partial charge in [0.2, 0.25) is 5.91 Å². The Morgan fingerprint density at radius 1 is 1.03 bits per heavy atom. The first-order valence-electron chi connectivity index (χ1n) is 11.7. The molecule has 176 valence electrons. The highest BCUT2D eigenvalue weighted by Crippen LogP contribution is 2.28. The monoisotopic (exact) mass is 438 g/mol. The number of hydrogen-bond acceptors (Lipinski definition) is 4. The minimum Gasteiger partial charge on any atom is -0.381 e. The first-order valence-corrected chi connectivity index (χ1v) is 11.7. The Bertz CT molecular complexity index is 830. The molecular formula is C27H42N4O. The fourth-order valence-electron chi connectivity index (χ4n) is 2.99. The Labute approximate surface area is 194 Å². The fourth-order valence-corrected chi connectivity index (χ4v) is 2.99. The zero-order chi connectivity index (χ0) is 23.9. The molecule has 1 unspecified atom stereocenters. The van der Waals surface area contributed by atoms with E-state index in [4.69, 9.17) is 5.73 Å². The zero-order valence-corrected chi connectivity index (χ0v) is 20.6. The molecule has 0 aromatic heterocycles. The highest BCUT2D eigenvalue weighted by molar-refractivity contribution is 5.96. The van der Waals surface area contributed by atoms with Crippen molar-refractivity contribution in [3.05, 3.63) is 65.9 Å². The molecule has 0 fully saturated rings. The number of unbranched alkanes of at least 4 members (excludes halogenated alkanes) is 1. The molecule has 0 bridgehead atoms. The molecule has 0 radical (unpaired) electrons. The lowest BCUT2D eigenvalue weighted by Gasteiger charge is -2.18. The molecule has 0 aliphatic rings. The molecule has 0 aliphatic carbocycles. The standard InChI is InChI=1S/C24H34N4O.C3H8/c1-17(2)27-22-13-12-21(26-16-20-10-8-18(3)9-11-20)15-23(22)28-24(29)19(4)7-5-6-14-25;1-3-2/h8-13,15,19,26-27H,1,5-7,14,16,25H2,2-4H3,(H,28,29);3H2,1-2H3. The number of carbonyl (C=O) groups is 1. The molecular weight excluding hydrogens is 396 g/mol. The largest absolute Gasteiger partial charge is 0.381 e. The van der Waals surface area contributed by atoms with Crippen molar-refractivity contribution in [1.29, 1.82) is 0 Å². The van der Waals surface area contributed by atoms with E-state index in [1.165, 1.54) is 17.5 Å². The first-order chi connectivity index (χ1) is 15.3. The number of rotatable bonds is 11. The van der Waals surface area contributed by atoms with Gasteiger partial charge < -0.3 is 21.7 Å². The average molecular weight is 439 g/mol. The molecule has 0 aliphatic heterocycles. The molecule has 1 atom stereocenters. The third-order valence-corrected chi connectivity index (χ3v) is 4.78. The van der Waals surface area contributed by atoms with Crippen molar-refractivity contribution in [2.45, 2.75) is 66.8 Å². The van der Waals surface area contributed by atoms with Gasteiger partial charge in [-0.1, -0.05) is 70.0 Å². The van der Waals surface area contributed by atoms with Gasteiger partial charge in [0.05, 0.1) is 11.4 Å². The fraction of sp³-hybridized carbons (Fsp3) is 0.444. The van der Waals surface area contributed by atoms with Crippen LogP contribution in [0.25, 0.3) is 0 Å². The van der Waals surface area contributed by atoms with Crippen LogP contribution in [0.5, 0.6) is 0 Å². The van der Waals surface area contributed by atoms with Crippen LogP contribution in [0.15, 0.2) is 54.7 Å². The summed E-state index contributed by atoms with van der Waals surface area (Å²) in [5.41, 5.74) is 11.3. The van der Waals surface area contributed by atoms with E-state index in [0.717, 1.165) is 48.6 Å². The van der Waals surface area contributed by atoms with Gasteiger partial charge in [0, 0.05) is 23.8 Å². The number of aryl methyl sites for hydroxylation is 1. The van der Waals surface area contributed by atoms with Crippen molar-refractivity contribution in [2.24, 2.45) is 11.7 Å². The lowest BCUT2D eigenvalue weighted by atomic mass is 10.0. The van der Waals surface area contributed by atoms with Gasteiger partial charge in [-0.3, -0.25) is 4.79 Å². The average Bonchev–Trinajstić information content (AvgIpc) is 2.75. The van der Waals surface area contributed by atoms with E-state index < -0.39 is 0 Å². The predicted octanol–water partition coefficient (Wildman–Crippen LogP) is 6.67. The number of benzene rings is 2. The van der Waals surface area contributed by atoms with Crippen molar-refractivity contribution in [1.82, 2.24) is 0 Å². The second-order valence-corrected chi connectivity index (χ2v) is 8.39. The molecule has 5 nitrogen and oxygen atoms in total. The zero-order valence-electron chi connectivity index (χ0n) is 20.6. The highest BCUT2D eigenvalue weighted by Gasteiger charge is 2.15. The molecule has 5 N–H and O–H groups in total. The van der Waals surface area contributed by atoms with E-state index in [9.17, 15) is 4.79 Å². The number of anilines is 3. The van der Waals surface area contributed by atoms with Gasteiger partial charge in [-0.05, 0) is 57.0 Å². The van der Waals surface area contributed by atoms with Crippen LogP contribution in [0.2, 0.25) is 0 Å². The second-order valence-electron chi connectivity index (χ2n) is 8.39. The van der Waals surface area contributed by atoms with E-state index in [1.54, 1.807) is 0 Å². The van der Waals surface area contributed by atoms with Crippen LogP contribution in [0.4, 0.5) is 17.1 Å². The summed E-state index contributed by atoms with van der Waals surface area (Å²) in [7, 11) is 0. The van der Waals surface area contributed by atoms with Crippen molar-refractivity contribution in [2.75, 3.05) is 22.5 Å². The lowest BCUT2D eigenvalue weighted by molar-refractivity contribution is -0.119. The third-order valence-electron chi connectivity index (χ3n) is 4.78. The minimum atomic E-state index is -0.0663. The second kappa shape index (κ2) is 15.1. The van der Waals surface area contributed by atoms with Crippen molar-refractivity contribution in [3.63, 3.8) is 0 Å². The van der Waals surface area contributed by atoms with Gasteiger partial charge in [-0.25, -0.2) is 0 Å². The number of allylic oxidation sites excluding steroid dienone is 1. The Kier molecular flexibility index (Phi) is 12.8. The topological polar surface area (TPSA) is 79.2 Å². The van der Waals surface area contributed by atoms with Crippen LogP contribution in [0, 0.1) is 12.8 Å². The van der Waals surface area contributed by atoms with Crippen LogP contribution in [0.3, 0.4) is 0 Å². The highest BCUT2D eigenvalue weighted by atomic mass is 16.1. The van der Waals surface area contributed by atoms with E-state index in [0.29, 0.717) is 6.54 Å². The number of amides is 1. The quantitative estimate of drug-likeness (QED) is 0.295. The third kappa shape index (κ3) is 10.5.